The van der Waals surface area contributed by atoms with Gasteiger partial charge in [0, 0.05) is 17.5 Å². The van der Waals surface area contributed by atoms with E-state index in [1.165, 1.54) is 47.9 Å². The zero-order valence-corrected chi connectivity index (χ0v) is 16.4. The Labute approximate surface area is 168 Å². The summed E-state index contributed by atoms with van der Waals surface area (Å²) in [5, 5.41) is 9.78. The average molecular weight is 388 g/mol. The number of carbonyl (C=O) groups excluding carboxylic acids is 1. The third kappa shape index (κ3) is 2.80. The molecule has 0 aliphatic heterocycles. The summed E-state index contributed by atoms with van der Waals surface area (Å²) < 4.78 is 2.31. The van der Waals surface area contributed by atoms with Crippen LogP contribution in [0.1, 0.15) is 65.0 Å². The maximum atomic E-state index is 12.9. The molecule has 0 N–H and O–H groups in total. The maximum Gasteiger partial charge on any atom is 0.191 e. The summed E-state index contributed by atoms with van der Waals surface area (Å²) in [5.41, 5.74) is 5.93. The third-order valence-corrected chi connectivity index (χ3v) is 6.94. The van der Waals surface area contributed by atoms with Gasteiger partial charge < -0.3 is 4.57 Å². The van der Waals surface area contributed by atoms with Crippen molar-refractivity contribution in [2.24, 2.45) is 0 Å². The lowest BCUT2D eigenvalue weighted by Crippen LogP contribution is -2.06. The maximum absolute atomic E-state index is 12.9. The molecular weight excluding hydrogens is 366 g/mol. The lowest BCUT2D eigenvalue weighted by Gasteiger charge is -2.08. The SMILES string of the molecule is O=C(CSc1nnc(C2CC2)n1C1CC1)c1ccc2c(c1)-c1ccccc1C2. The van der Waals surface area contributed by atoms with E-state index in [-0.39, 0.29) is 5.78 Å². The van der Waals surface area contributed by atoms with E-state index >= 15 is 0 Å². The second-order valence-electron chi connectivity index (χ2n) is 8.13. The number of thioether (sulfide) groups is 1. The van der Waals surface area contributed by atoms with Crippen LogP contribution in [0.5, 0.6) is 0 Å². The number of ketones is 1. The fourth-order valence-corrected chi connectivity index (χ4v) is 5.10. The summed E-state index contributed by atoms with van der Waals surface area (Å²) in [7, 11) is 0. The summed E-state index contributed by atoms with van der Waals surface area (Å²) in [6, 6.07) is 15.2. The Morgan fingerprint density at radius 3 is 2.64 bits per heavy atom. The minimum Gasteiger partial charge on any atom is -0.303 e. The van der Waals surface area contributed by atoms with Gasteiger partial charge in [-0.1, -0.05) is 48.2 Å². The number of nitrogens with zero attached hydrogens (tertiary/aromatic N) is 3. The van der Waals surface area contributed by atoms with Gasteiger partial charge >= 0.3 is 0 Å². The van der Waals surface area contributed by atoms with Crippen molar-refractivity contribution < 1.29 is 4.79 Å². The highest BCUT2D eigenvalue weighted by molar-refractivity contribution is 7.99. The smallest absolute Gasteiger partial charge is 0.191 e. The van der Waals surface area contributed by atoms with Crippen molar-refractivity contribution in [3.63, 3.8) is 0 Å². The number of hydrogen-bond donors (Lipinski definition) is 0. The summed E-state index contributed by atoms with van der Waals surface area (Å²) in [6.07, 6.45) is 5.84. The number of fused-ring (bicyclic) bond motifs is 3. The number of Topliss-reactive ketones (excluding diaryl/α,β-unsaturated/α-hetero) is 1. The van der Waals surface area contributed by atoms with E-state index in [1.807, 2.05) is 6.07 Å². The van der Waals surface area contributed by atoms with Crippen molar-refractivity contribution in [1.82, 2.24) is 14.8 Å². The highest BCUT2D eigenvalue weighted by Crippen LogP contribution is 2.46. The molecule has 0 radical (unpaired) electrons. The van der Waals surface area contributed by atoms with Crippen LogP contribution in [-0.4, -0.2) is 26.3 Å². The van der Waals surface area contributed by atoms with E-state index in [9.17, 15) is 4.79 Å². The van der Waals surface area contributed by atoms with Crippen LogP contribution < -0.4 is 0 Å². The van der Waals surface area contributed by atoms with Crippen LogP contribution in [0, 0.1) is 0 Å². The van der Waals surface area contributed by atoms with Crippen molar-refractivity contribution in [2.45, 2.75) is 49.2 Å². The van der Waals surface area contributed by atoms with Gasteiger partial charge in [-0.3, -0.25) is 4.79 Å². The second kappa shape index (κ2) is 6.31. The molecule has 4 nitrogen and oxygen atoms in total. The molecule has 2 fully saturated rings. The molecule has 3 aromatic rings. The summed E-state index contributed by atoms with van der Waals surface area (Å²) in [4.78, 5) is 12.9. The van der Waals surface area contributed by atoms with Crippen LogP contribution in [0.15, 0.2) is 47.6 Å². The van der Waals surface area contributed by atoms with Crippen LogP contribution in [0.3, 0.4) is 0 Å². The summed E-state index contributed by atoms with van der Waals surface area (Å²) in [6.45, 7) is 0. The molecule has 1 heterocycles. The normalized spacial score (nSPS) is 17.4. The van der Waals surface area contributed by atoms with Crippen LogP contribution in [0.4, 0.5) is 0 Å². The Hall–Kier alpha value is -2.40. The van der Waals surface area contributed by atoms with Gasteiger partial charge in [0.05, 0.1) is 5.75 Å². The van der Waals surface area contributed by atoms with Gasteiger partial charge in [0.1, 0.15) is 5.82 Å². The number of carbonyl (C=O) groups is 1. The van der Waals surface area contributed by atoms with Crippen LogP contribution in [0.25, 0.3) is 11.1 Å². The van der Waals surface area contributed by atoms with Crippen molar-refractivity contribution >= 4 is 17.5 Å². The van der Waals surface area contributed by atoms with Crippen molar-refractivity contribution in [3.8, 4) is 11.1 Å². The molecule has 0 saturated heterocycles. The number of benzene rings is 2. The molecule has 2 aromatic carbocycles. The van der Waals surface area contributed by atoms with Gasteiger partial charge in [-0.25, -0.2) is 0 Å². The highest BCUT2D eigenvalue weighted by Gasteiger charge is 2.36. The lowest BCUT2D eigenvalue weighted by atomic mass is 10.0. The molecule has 0 bridgehead atoms. The first-order chi connectivity index (χ1) is 13.8. The van der Waals surface area contributed by atoms with Gasteiger partial charge in [-0.15, -0.1) is 10.2 Å². The van der Waals surface area contributed by atoms with Crippen molar-refractivity contribution in [3.05, 3.63) is 65.0 Å². The molecule has 5 heteroatoms. The third-order valence-electron chi connectivity index (χ3n) is 6.00. The molecule has 0 amide bonds. The molecule has 6 rings (SSSR count). The minimum atomic E-state index is 0.163. The molecule has 0 spiro atoms. The number of rotatable bonds is 6. The van der Waals surface area contributed by atoms with Crippen molar-refractivity contribution in [1.29, 1.82) is 0 Å². The molecule has 0 unspecified atom stereocenters. The van der Waals surface area contributed by atoms with Crippen LogP contribution in [-0.2, 0) is 6.42 Å². The van der Waals surface area contributed by atoms with Crippen LogP contribution in [0.2, 0.25) is 0 Å². The predicted molar refractivity (Wildman–Crippen MR) is 110 cm³/mol. The second-order valence-corrected chi connectivity index (χ2v) is 9.08. The number of aromatic nitrogens is 3. The summed E-state index contributed by atoms with van der Waals surface area (Å²) in [5.74, 6) is 2.31. The first-order valence-electron chi connectivity index (χ1n) is 10.1. The molecule has 140 valence electrons. The Bertz CT molecular complexity index is 1090. The van der Waals surface area contributed by atoms with Crippen molar-refractivity contribution in [2.75, 3.05) is 5.75 Å². The quantitative estimate of drug-likeness (QED) is 0.344. The van der Waals surface area contributed by atoms with Gasteiger partial charge in [0.15, 0.2) is 10.9 Å². The van der Waals surface area contributed by atoms with E-state index in [2.05, 4.69) is 51.2 Å². The van der Waals surface area contributed by atoms with Gasteiger partial charge in [-0.2, -0.15) is 0 Å². The molecule has 3 aliphatic carbocycles. The van der Waals surface area contributed by atoms with Gasteiger partial charge in [0.2, 0.25) is 0 Å². The zero-order chi connectivity index (χ0) is 18.7. The first-order valence-corrected chi connectivity index (χ1v) is 11.1. The summed E-state index contributed by atoms with van der Waals surface area (Å²) >= 11 is 1.54. The lowest BCUT2D eigenvalue weighted by molar-refractivity contribution is 0.102. The van der Waals surface area contributed by atoms with E-state index in [1.54, 1.807) is 11.8 Å². The first kappa shape index (κ1) is 16.5. The molecule has 1 aromatic heterocycles. The Kier molecular flexibility index (Phi) is 3.73. The molecule has 0 atom stereocenters. The van der Waals surface area contributed by atoms with Gasteiger partial charge in [0.25, 0.3) is 0 Å². The molecule has 3 aliphatic rings. The van der Waals surface area contributed by atoms with Crippen LogP contribution >= 0.6 is 11.8 Å². The van der Waals surface area contributed by atoms with Gasteiger partial charge in [-0.05, 0) is 60.4 Å². The molecule has 28 heavy (non-hydrogen) atoms. The topological polar surface area (TPSA) is 47.8 Å². The fourth-order valence-electron chi connectivity index (χ4n) is 4.19. The number of hydrogen-bond acceptors (Lipinski definition) is 4. The fraction of sp³-hybridized carbons (Fsp3) is 0.348. The van der Waals surface area contributed by atoms with E-state index in [0.717, 1.165) is 23.0 Å². The highest BCUT2D eigenvalue weighted by atomic mass is 32.2. The zero-order valence-electron chi connectivity index (χ0n) is 15.6. The van der Waals surface area contributed by atoms with E-state index < -0.39 is 0 Å². The average Bonchev–Trinajstić information content (AvgIpc) is 3.66. The Balaban J connectivity index is 1.22. The predicted octanol–water partition coefficient (Wildman–Crippen LogP) is 5.04. The largest absolute Gasteiger partial charge is 0.303 e. The standard InChI is InChI=1S/C23H21N3OS/c27-21(13-28-23-25-24-22(14-5-6-14)26(23)18-9-10-18)17-8-7-16-11-15-3-1-2-4-19(15)20(16)12-17/h1-4,7-8,12,14,18H,5-6,9-11,13H2. The van der Waals surface area contributed by atoms with E-state index in [0.29, 0.717) is 17.7 Å². The Morgan fingerprint density at radius 2 is 1.82 bits per heavy atom. The minimum absolute atomic E-state index is 0.163. The monoisotopic (exact) mass is 387 g/mol. The Morgan fingerprint density at radius 1 is 1.00 bits per heavy atom. The van der Waals surface area contributed by atoms with E-state index in [4.69, 9.17) is 0 Å². The molecular formula is C23H21N3OS. The molecule has 2 saturated carbocycles.